The molecule has 1 aliphatic heterocycles. The van der Waals surface area contributed by atoms with Gasteiger partial charge in [-0.3, -0.25) is 4.90 Å². The summed E-state index contributed by atoms with van der Waals surface area (Å²) in [6, 6.07) is 10.7. The van der Waals surface area contributed by atoms with E-state index in [9.17, 15) is 0 Å². The molecule has 0 N–H and O–H groups in total. The van der Waals surface area contributed by atoms with Crippen LogP contribution in [0.4, 0.5) is 0 Å². The molecule has 3 aromatic rings. The highest BCUT2D eigenvalue weighted by molar-refractivity contribution is 5.35. The Morgan fingerprint density at radius 1 is 1.23 bits per heavy atom. The quantitative estimate of drug-likeness (QED) is 0.692. The van der Waals surface area contributed by atoms with Gasteiger partial charge >= 0.3 is 0 Å². The molecule has 3 heterocycles. The lowest BCUT2D eigenvalue weighted by molar-refractivity contribution is 0.111. The molecular formula is C20H25N5O. The summed E-state index contributed by atoms with van der Waals surface area (Å²) in [5, 5.41) is 8.48. The lowest BCUT2D eigenvalue weighted by Gasteiger charge is -2.33. The largest absolute Gasteiger partial charge is 0.338 e. The summed E-state index contributed by atoms with van der Waals surface area (Å²) in [5.74, 6) is 1.85. The number of aromatic nitrogens is 4. The van der Waals surface area contributed by atoms with E-state index in [0.29, 0.717) is 0 Å². The summed E-state index contributed by atoms with van der Waals surface area (Å²) in [4.78, 5) is 7.11. The van der Waals surface area contributed by atoms with Crippen LogP contribution in [-0.4, -0.2) is 31.4 Å². The molecule has 1 fully saturated rings. The van der Waals surface area contributed by atoms with Crippen molar-refractivity contribution < 1.29 is 4.52 Å². The molecule has 0 bridgehead atoms. The molecule has 1 aliphatic rings. The van der Waals surface area contributed by atoms with Crippen molar-refractivity contribution in [3.05, 3.63) is 60.0 Å². The third-order valence-electron chi connectivity index (χ3n) is 4.94. The summed E-state index contributed by atoms with van der Waals surface area (Å²) in [6.07, 6.45) is 7.25. The van der Waals surface area contributed by atoms with Crippen LogP contribution in [-0.2, 0) is 6.54 Å². The van der Waals surface area contributed by atoms with E-state index in [1.807, 2.05) is 16.9 Å². The topological polar surface area (TPSA) is 60.0 Å². The molecule has 6 nitrogen and oxygen atoms in total. The van der Waals surface area contributed by atoms with Gasteiger partial charge in [-0.25, -0.2) is 4.68 Å². The zero-order valence-electron chi connectivity index (χ0n) is 15.4. The molecule has 0 spiro atoms. The maximum atomic E-state index is 5.60. The molecule has 6 heteroatoms. The highest BCUT2D eigenvalue weighted by atomic mass is 16.5. The Balaban J connectivity index is 1.54. The normalized spacial score (nSPS) is 18.5. The van der Waals surface area contributed by atoms with E-state index in [2.05, 4.69) is 58.3 Å². The molecule has 4 rings (SSSR count). The smallest absolute Gasteiger partial charge is 0.244 e. The predicted octanol–water partition coefficient (Wildman–Crippen LogP) is 4.11. The van der Waals surface area contributed by atoms with Gasteiger partial charge in [0.05, 0.1) is 11.7 Å². The van der Waals surface area contributed by atoms with Gasteiger partial charge in [-0.1, -0.05) is 37.6 Å². The van der Waals surface area contributed by atoms with Crippen LogP contribution in [0.5, 0.6) is 0 Å². The fourth-order valence-electron chi connectivity index (χ4n) is 3.53. The second kappa shape index (κ2) is 7.41. The fraction of sp³-hybridized carbons (Fsp3) is 0.450. The predicted molar refractivity (Wildman–Crippen MR) is 99.0 cm³/mol. The average molecular weight is 351 g/mol. The van der Waals surface area contributed by atoms with Crippen molar-refractivity contribution >= 4 is 0 Å². The number of benzene rings is 1. The first kappa shape index (κ1) is 17.0. The molecule has 0 radical (unpaired) electrons. The van der Waals surface area contributed by atoms with Gasteiger partial charge in [0.2, 0.25) is 5.89 Å². The number of hydrogen-bond acceptors (Lipinski definition) is 5. The highest BCUT2D eigenvalue weighted by Crippen LogP contribution is 2.32. The summed E-state index contributed by atoms with van der Waals surface area (Å²) in [5.41, 5.74) is 2.36. The van der Waals surface area contributed by atoms with Gasteiger partial charge in [-0.2, -0.15) is 10.1 Å². The number of likely N-dealkylation sites (tertiary alicyclic amines) is 1. The van der Waals surface area contributed by atoms with Gasteiger partial charge in [-0.15, -0.1) is 0 Å². The van der Waals surface area contributed by atoms with Crippen molar-refractivity contribution in [3.8, 4) is 5.69 Å². The van der Waals surface area contributed by atoms with Crippen LogP contribution in [0.3, 0.4) is 0 Å². The van der Waals surface area contributed by atoms with Gasteiger partial charge in [0.25, 0.3) is 0 Å². The number of hydrogen-bond donors (Lipinski definition) is 0. The fourth-order valence-corrected chi connectivity index (χ4v) is 3.53. The molecule has 1 atom stereocenters. The van der Waals surface area contributed by atoms with E-state index in [1.54, 1.807) is 6.20 Å². The van der Waals surface area contributed by atoms with Crippen molar-refractivity contribution in [3.63, 3.8) is 0 Å². The van der Waals surface area contributed by atoms with Gasteiger partial charge in [0, 0.05) is 24.9 Å². The molecule has 26 heavy (non-hydrogen) atoms. The maximum absolute atomic E-state index is 5.60. The molecule has 1 unspecified atom stereocenters. The summed E-state index contributed by atoms with van der Waals surface area (Å²) in [6.45, 7) is 6.11. The van der Waals surface area contributed by atoms with E-state index in [-0.39, 0.29) is 12.0 Å². The molecule has 0 aliphatic carbocycles. The van der Waals surface area contributed by atoms with Crippen molar-refractivity contribution in [2.45, 2.75) is 51.6 Å². The van der Waals surface area contributed by atoms with Crippen molar-refractivity contribution in [1.29, 1.82) is 0 Å². The Morgan fingerprint density at radius 3 is 2.92 bits per heavy atom. The Kier molecular flexibility index (Phi) is 4.84. The standard InChI is InChI=1S/C20H25N5O/c1-15(2)19-22-20(26-23-19)18-9-3-4-11-24(18)14-16-7-5-8-17(13-16)25-12-6-10-21-25/h5-8,10,12-13,15,18H,3-4,9,11,14H2,1-2H3. The van der Waals surface area contributed by atoms with Crippen LogP contribution in [0.15, 0.2) is 47.2 Å². The van der Waals surface area contributed by atoms with E-state index in [4.69, 9.17) is 4.52 Å². The zero-order valence-corrected chi connectivity index (χ0v) is 15.4. The first-order valence-corrected chi connectivity index (χ1v) is 9.37. The lowest BCUT2D eigenvalue weighted by atomic mass is 10.0. The molecular weight excluding hydrogens is 326 g/mol. The molecule has 1 aromatic carbocycles. The monoisotopic (exact) mass is 351 g/mol. The van der Waals surface area contributed by atoms with Crippen molar-refractivity contribution in [2.75, 3.05) is 6.54 Å². The molecule has 1 saturated heterocycles. The van der Waals surface area contributed by atoms with E-state index < -0.39 is 0 Å². The minimum atomic E-state index is 0.206. The van der Waals surface area contributed by atoms with Gasteiger partial charge < -0.3 is 4.52 Å². The van der Waals surface area contributed by atoms with Crippen LogP contribution in [0.2, 0.25) is 0 Å². The number of nitrogens with zero attached hydrogens (tertiary/aromatic N) is 5. The minimum Gasteiger partial charge on any atom is -0.338 e. The van der Waals surface area contributed by atoms with Crippen LogP contribution in [0, 0.1) is 0 Å². The van der Waals surface area contributed by atoms with E-state index in [1.165, 1.54) is 18.4 Å². The first-order valence-electron chi connectivity index (χ1n) is 9.37. The molecule has 136 valence electrons. The first-order chi connectivity index (χ1) is 12.7. The third-order valence-corrected chi connectivity index (χ3v) is 4.94. The van der Waals surface area contributed by atoms with Crippen molar-refractivity contribution in [1.82, 2.24) is 24.8 Å². The highest BCUT2D eigenvalue weighted by Gasteiger charge is 2.29. The summed E-state index contributed by atoms with van der Waals surface area (Å²) < 4.78 is 7.49. The van der Waals surface area contributed by atoms with Gasteiger partial charge in [-0.05, 0) is 43.1 Å². The number of rotatable bonds is 5. The van der Waals surface area contributed by atoms with Crippen LogP contribution < -0.4 is 0 Å². The van der Waals surface area contributed by atoms with Crippen LogP contribution in [0.1, 0.15) is 62.3 Å². The maximum Gasteiger partial charge on any atom is 0.244 e. The van der Waals surface area contributed by atoms with Crippen LogP contribution >= 0.6 is 0 Å². The van der Waals surface area contributed by atoms with E-state index in [0.717, 1.165) is 36.9 Å². The Bertz CT molecular complexity index is 840. The second-order valence-electron chi connectivity index (χ2n) is 7.25. The summed E-state index contributed by atoms with van der Waals surface area (Å²) >= 11 is 0. The second-order valence-corrected chi connectivity index (χ2v) is 7.25. The zero-order chi connectivity index (χ0) is 17.9. The Labute approximate surface area is 153 Å². The molecule has 0 amide bonds. The average Bonchev–Trinajstić information content (AvgIpc) is 3.35. The minimum absolute atomic E-state index is 0.206. The Morgan fingerprint density at radius 2 is 2.15 bits per heavy atom. The lowest BCUT2D eigenvalue weighted by Crippen LogP contribution is -2.33. The van der Waals surface area contributed by atoms with Gasteiger partial charge in [0.15, 0.2) is 5.82 Å². The van der Waals surface area contributed by atoms with E-state index >= 15 is 0 Å². The third kappa shape index (κ3) is 3.55. The van der Waals surface area contributed by atoms with Crippen LogP contribution in [0.25, 0.3) is 5.69 Å². The van der Waals surface area contributed by atoms with Crippen molar-refractivity contribution in [2.24, 2.45) is 0 Å². The number of piperidine rings is 1. The summed E-state index contributed by atoms with van der Waals surface area (Å²) in [7, 11) is 0. The SMILES string of the molecule is CC(C)c1noc(C2CCCCN2Cc2cccc(-n3cccn3)c2)n1. The molecule has 0 saturated carbocycles. The Hall–Kier alpha value is -2.47. The van der Waals surface area contributed by atoms with Gasteiger partial charge in [0.1, 0.15) is 0 Å². The molecule has 2 aromatic heterocycles.